The lowest BCUT2D eigenvalue weighted by Crippen LogP contribution is -2.43. The van der Waals surface area contributed by atoms with Crippen LogP contribution < -0.4 is 10.6 Å². The van der Waals surface area contributed by atoms with Crippen LogP contribution in [0.25, 0.3) is 0 Å². The van der Waals surface area contributed by atoms with Gasteiger partial charge in [0.2, 0.25) is 11.8 Å². The quantitative estimate of drug-likeness (QED) is 0.701. The second-order valence-electron chi connectivity index (χ2n) is 6.25. The summed E-state index contributed by atoms with van der Waals surface area (Å²) in [4.78, 5) is 51.1. The maximum Gasteiger partial charge on any atom is 0.262 e. The van der Waals surface area contributed by atoms with Gasteiger partial charge in [0.25, 0.3) is 11.8 Å². The molecule has 1 aliphatic heterocycles. The highest BCUT2D eigenvalue weighted by Gasteiger charge is 2.38. The van der Waals surface area contributed by atoms with Crippen LogP contribution in [0, 0.1) is 5.82 Å². The van der Waals surface area contributed by atoms with Crippen molar-refractivity contribution in [1.82, 2.24) is 4.90 Å². The fraction of sp³-hybridized carbons (Fsp3) is 0.158. The average Bonchev–Trinajstić information content (AvgIpc) is 2.88. The molecule has 0 atom stereocenters. The highest BCUT2D eigenvalue weighted by molar-refractivity contribution is 6.43. The van der Waals surface area contributed by atoms with Crippen molar-refractivity contribution in [2.75, 3.05) is 18.0 Å². The van der Waals surface area contributed by atoms with Crippen LogP contribution in [0.15, 0.2) is 36.4 Å². The number of nitrogens with zero attached hydrogens (tertiary/aromatic N) is 2. The number of primary amides is 1. The number of halogens is 3. The Kier molecular flexibility index (Phi) is 5.86. The summed E-state index contributed by atoms with van der Waals surface area (Å²) >= 11 is 11.8. The van der Waals surface area contributed by atoms with E-state index in [0.29, 0.717) is 5.69 Å². The van der Waals surface area contributed by atoms with Crippen LogP contribution in [0.1, 0.15) is 27.1 Å². The van der Waals surface area contributed by atoms with Crippen molar-refractivity contribution in [3.8, 4) is 0 Å². The van der Waals surface area contributed by atoms with Crippen LogP contribution in [0.5, 0.6) is 0 Å². The Morgan fingerprint density at radius 1 is 1.00 bits per heavy atom. The minimum Gasteiger partial charge on any atom is -0.370 e. The van der Waals surface area contributed by atoms with Gasteiger partial charge in [0, 0.05) is 18.7 Å². The zero-order valence-electron chi connectivity index (χ0n) is 14.8. The lowest BCUT2D eigenvalue weighted by atomic mass is 10.1. The molecule has 0 saturated carbocycles. The van der Waals surface area contributed by atoms with E-state index < -0.39 is 36.0 Å². The normalized spacial score (nSPS) is 12.9. The summed E-state index contributed by atoms with van der Waals surface area (Å²) in [7, 11) is 0. The Labute approximate surface area is 174 Å². The number of hydrogen-bond donors (Lipinski definition) is 1. The molecule has 29 heavy (non-hydrogen) atoms. The van der Waals surface area contributed by atoms with Crippen molar-refractivity contribution in [2.24, 2.45) is 5.73 Å². The number of imide groups is 1. The smallest absolute Gasteiger partial charge is 0.262 e. The molecule has 0 radical (unpaired) electrons. The molecular formula is C19H14Cl2FN3O4. The maximum absolute atomic E-state index is 13.2. The van der Waals surface area contributed by atoms with Gasteiger partial charge < -0.3 is 10.6 Å². The molecule has 0 unspecified atom stereocenters. The molecule has 0 spiro atoms. The van der Waals surface area contributed by atoms with E-state index in [-0.39, 0.29) is 34.1 Å². The molecule has 150 valence electrons. The number of anilines is 1. The number of carbonyl (C=O) groups excluding carboxylic acids is 4. The van der Waals surface area contributed by atoms with Gasteiger partial charge >= 0.3 is 0 Å². The number of carbonyl (C=O) groups is 4. The van der Waals surface area contributed by atoms with Gasteiger partial charge in [-0.15, -0.1) is 0 Å². The standard InChI is InChI=1S/C19H14Cl2FN3O4/c20-14-7-12-13(8-15(14)21)19(29)25(18(12)28)9-17(27)24(6-5-16(23)26)11-3-1-10(22)2-4-11/h1-4,7-8H,5-6,9H2,(H2,23,26). The average molecular weight is 438 g/mol. The van der Waals surface area contributed by atoms with E-state index in [4.69, 9.17) is 28.9 Å². The third-order valence-electron chi connectivity index (χ3n) is 4.33. The Morgan fingerprint density at radius 3 is 2.00 bits per heavy atom. The summed E-state index contributed by atoms with van der Waals surface area (Å²) < 4.78 is 13.2. The number of nitrogens with two attached hydrogens (primary N) is 1. The molecule has 0 aromatic heterocycles. The molecule has 0 aliphatic carbocycles. The molecule has 4 amide bonds. The first kappa shape index (κ1) is 20.8. The summed E-state index contributed by atoms with van der Waals surface area (Å²) in [6.45, 7) is -0.682. The summed E-state index contributed by atoms with van der Waals surface area (Å²) in [5, 5.41) is 0.211. The van der Waals surface area contributed by atoms with E-state index in [1.54, 1.807) is 0 Å². The van der Waals surface area contributed by atoms with Gasteiger partial charge in [-0.3, -0.25) is 24.1 Å². The lowest BCUT2D eigenvalue weighted by molar-refractivity contribution is -0.119. The first-order valence-corrected chi connectivity index (χ1v) is 9.14. The van der Waals surface area contributed by atoms with E-state index in [2.05, 4.69) is 0 Å². The van der Waals surface area contributed by atoms with Crippen molar-refractivity contribution in [3.05, 3.63) is 63.4 Å². The van der Waals surface area contributed by atoms with Crippen LogP contribution in [0.4, 0.5) is 10.1 Å². The van der Waals surface area contributed by atoms with Crippen LogP contribution in [-0.2, 0) is 9.59 Å². The molecule has 0 fully saturated rings. The number of rotatable bonds is 6. The van der Waals surface area contributed by atoms with Gasteiger partial charge in [0.1, 0.15) is 12.4 Å². The van der Waals surface area contributed by atoms with Gasteiger partial charge in [-0.05, 0) is 36.4 Å². The second kappa shape index (κ2) is 8.18. The number of fused-ring (bicyclic) bond motifs is 1. The van der Waals surface area contributed by atoms with Gasteiger partial charge in [0.05, 0.1) is 21.2 Å². The monoisotopic (exact) mass is 437 g/mol. The third kappa shape index (κ3) is 4.23. The maximum atomic E-state index is 13.2. The molecule has 2 N–H and O–H groups in total. The highest BCUT2D eigenvalue weighted by atomic mass is 35.5. The van der Waals surface area contributed by atoms with Crippen molar-refractivity contribution in [3.63, 3.8) is 0 Å². The van der Waals surface area contributed by atoms with Crippen LogP contribution in [0.3, 0.4) is 0 Å². The van der Waals surface area contributed by atoms with E-state index in [9.17, 15) is 23.6 Å². The second-order valence-corrected chi connectivity index (χ2v) is 7.06. The predicted molar refractivity (Wildman–Crippen MR) is 104 cm³/mol. The van der Waals surface area contributed by atoms with Crippen molar-refractivity contribution in [1.29, 1.82) is 0 Å². The Bertz CT molecular complexity index is 986. The molecule has 3 rings (SSSR count). The molecule has 7 nitrogen and oxygen atoms in total. The molecule has 2 aromatic rings. The first-order chi connectivity index (χ1) is 13.7. The Balaban J connectivity index is 1.85. The highest BCUT2D eigenvalue weighted by Crippen LogP contribution is 2.31. The lowest BCUT2D eigenvalue weighted by Gasteiger charge is -2.24. The van der Waals surface area contributed by atoms with E-state index in [1.807, 2.05) is 0 Å². The molecule has 0 bridgehead atoms. The molecule has 1 aliphatic rings. The Hall–Kier alpha value is -2.97. The van der Waals surface area contributed by atoms with E-state index in [1.165, 1.54) is 24.3 Å². The van der Waals surface area contributed by atoms with Gasteiger partial charge in [0.15, 0.2) is 0 Å². The third-order valence-corrected chi connectivity index (χ3v) is 5.05. The van der Waals surface area contributed by atoms with Crippen molar-refractivity contribution >= 4 is 52.5 Å². The van der Waals surface area contributed by atoms with Crippen LogP contribution in [-0.4, -0.2) is 41.6 Å². The minimum absolute atomic E-state index is 0.0441. The first-order valence-electron chi connectivity index (χ1n) is 8.38. The number of benzene rings is 2. The fourth-order valence-electron chi connectivity index (χ4n) is 2.89. The van der Waals surface area contributed by atoms with E-state index in [0.717, 1.165) is 21.9 Å². The summed E-state index contributed by atoms with van der Waals surface area (Å²) in [6.07, 6.45) is -0.156. The fourth-order valence-corrected chi connectivity index (χ4v) is 3.22. The zero-order valence-corrected chi connectivity index (χ0v) is 16.3. The molecule has 2 aromatic carbocycles. The van der Waals surface area contributed by atoms with Crippen LogP contribution >= 0.6 is 23.2 Å². The zero-order chi connectivity index (χ0) is 21.3. The number of hydrogen-bond acceptors (Lipinski definition) is 4. The largest absolute Gasteiger partial charge is 0.370 e. The number of amides is 4. The molecule has 1 heterocycles. The molecular weight excluding hydrogens is 424 g/mol. The van der Waals surface area contributed by atoms with Crippen molar-refractivity contribution in [2.45, 2.75) is 6.42 Å². The van der Waals surface area contributed by atoms with Crippen LogP contribution in [0.2, 0.25) is 10.0 Å². The molecule has 0 saturated heterocycles. The van der Waals surface area contributed by atoms with Gasteiger partial charge in [-0.1, -0.05) is 23.2 Å². The summed E-state index contributed by atoms with van der Waals surface area (Å²) in [5.74, 6) is -3.18. The topological polar surface area (TPSA) is 101 Å². The predicted octanol–water partition coefficient (Wildman–Crippen LogP) is 2.64. The Morgan fingerprint density at radius 2 is 1.52 bits per heavy atom. The minimum atomic E-state index is -0.689. The van der Waals surface area contributed by atoms with Crippen molar-refractivity contribution < 1.29 is 23.6 Å². The van der Waals surface area contributed by atoms with Gasteiger partial charge in [-0.2, -0.15) is 0 Å². The van der Waals surface area contributed by atoms with E-state index >= 15 is 0 Å². The summed E-state index contributed by atoms with van der Waals surface area (Å²) in [6, 6.07) is 7.52. The SMILES string of the molecule is NC(=O)CCN(C(=O)CN1C(=O)c2cc(Cl)c(Cl)cc2C1=O)c1ccc(F)cc1. The molecule has 10 heteroatoms. The summed E-state index contributed by atoms with van der Waals surface area (Å²) in [5.41, 5.74) is 5.54. The van der Waals surface area contributed by atoms with Gasteiger partial charge in [-0.25, -0.2) is 4.39 Å².